The van der Waals surface area contributed by atoms with Crippen LogP contribution in [-0.2, 0) is 0 Å². The molecule has 2 aromatic rings. The summed E-state index contributed by atoms with van der Waals surface area (Å²) in [6.45, 7) is 0. The first kappa shape index (κ1) is 13.6. The van der Waals surface area contributed by atoms with Crippen molar-refractivity contribution in [1.82, 2.24) is 9.97 Å². The normalized spacial score (nSPS) is 8.80. The third-order valence-electron chi connectivity index (χ3n) is 1.70. The maximum absolute atomic E-state index is 10.8. The van der Waals surface area contributed by atoms with Crippen LogP contribution in [-0.4, -0.2) is 15.9 Å². The number of carbonyl (C=O) groups is 1. The lowest BCUT2D eigenvalue weighted by Crippen LogP contribution is -2.13. The second kappa shape index (κ2) is 5.48. The molecule has 0 aliphatic carbocycles. The Bertz CT molecular complexity index is 476. The summed E-state index contributed by atoms with van der Waals surface area (Å²) in [5, 5.41) is 0. The van der Waals surface area contributed by atoms with Crippen LogP contribution in [0, 0.1) is 0 Å². The molecule has 6 heteroatoms. The Balaban J connectivity index is 0.000000980. The second-order valence-electron chi connectivity index (χ2n) is 2.61. The van der Waals surface area contributed by atoms with Crippen molar-refractivity contribution in [2.45, 2.75) is 0 Å². The number of fused-ring (bicyclic) bond motifs is 1. The fraction of sp³-hybridized carbons (Fsp3) is 0. The summed E-state index contributed by atoms with van der Waals surface area (Å²) in [6, 6.07) is 7.31. The van der Waals surface area contributed by atoms with Crippen LogP contribution in [0.4, 0.5) is 0 Å². The zero-order valence-electron chi connectivity index (χ0n) is 7.58. The Morgan fingerprint density at radius 1 is 1.13 bits per heavy atom. The van der Waals surface area contributed by atoms with E-state index in [4.69, 9.17) is 5.73 Å². The van der Waals surface area contributed by atoms with Gasteiger partial charge in [0.1, 0.15) is 5.69 Å². The number of aromatic nitrogens is 2. The molecule has 4 nitrogen and oxygen atoms in total. The van der Waals surface area contributed by atoms with E-state index in [2.05, 4.69) is 9.97 Å². The topological polar surface area (TPSA) is 68.9 Å². The van der Waals surface area contributed by atoms with Gasteiger partial charge in [0.25, 0.3) is 5.91 Å². The highest BCUT2D eigenvalue weighted by Crippen LogP contribution is 2.07. The lowest BCUT2D eigenvalue weighted by molar-refractivity contribution is 0.0995. The maximum Gasteiger partial charge on any atom is 0.268 e. The number of benzene rings is 1. The van der Waals surface area contributed by atoms with Gasteiger partial charge in [-0.1, -0.05) is 12.1 Å². The van der Waals surface area contributed by atoms with Gasteiger partial charge in [-0.3, -0.25) is 9.78 Å². The molecular formula is C9H9Cl2N3O. The van der Waals surface area contributed by atoms with E-state index in [9.17, 15) is 4.79 Å². The van der Waals surface area contributed by atoms with Gasteiger partial charge in [0, 0.05) is 0 Å². The molecule has 2 rings (SSSR count). The van der Waals surface area contributed by atoms with Gasteiger partial charge in [0.15, 0.2) is 0 Å². The van der Waals surface area contributed by atoms with Crippen molar-refractivity contribution in [2.24, 2.45) is 5.73 Å². The van der Waals surface area contributed by atoms with Crippen molar-refractivity contribution in [1.29, 1.82) is 0 Å². The first-order valence-corrected chi connectivity index (χ1v) is 3.79. The Hall–Kier alpha value is -1.39. The molecule has 0 bridgehead atoms. The SMILES string of the molecule is Cl.Cl.NC(=O)c1cnc2ccccc2n1. The van der Waals surface area contributed by atoms with E-state index in [1.807, 2.05) is 18.2 Å². The molecule has 1 aromatic heterocycles. The standard InChI is InChI=1S/C9H7N3O.2ClH/c10-9(13)8-5-11-6-3-1-2-4-7(6)12-8;;/h1-5H,(H2,10,13);2*1H. The summed E-state index contributed by atoms with van der Waals surface area (Å²) in [7, 11) is 0. The third kappa shape index (κ3) is 2.78. The second-order valence-corrected chi connectivity index (χ2v) is 2.61. The first-order chi connectivity index (χ1) is 6.27. The lowest BCUT2D eigenvalue weighted by Gasteiger charge is -1.97. The monoisotopic (exact) mass is 245 g/mol. The quantitative estimate of drug-likeness (QED) is 0.830. The lowest BCUT2D eigenvalue weighted by atomic mass is 10.3. The summed E-state index contributed by atoms with van der Waals surface area (Å²) in [5.74, 6) is -0.557. The Morgan fingerprint density at radius 3 is 2.33 bits per heavy atom. The zero-order chi connectivity index (χ0) is 9.26. The zero-order valence-corrected chi connectivity index (χ0v) is 9.22. The number of halogens is 2. The third-order valence-corrected chi connectivity index (χ3v) is 1.70. The highest BCUT2D eigenvalue weighted by Gasteiger charge is 2.03. The molecule has 80 valence electrons. The molecule has 0 unspecified atom stereocenters. The minimum atomic E-state index is -0.557. The number of para-hydroxylation sites is 2. The van der Waals surface area contributed by atoms with Crippen molar-refractivity contribution in [3.63, 3.8) is 0 Å². The number of rotatable bonds is 1. The molecular weight excluding hydrogens is 237 g/mol. The fourth-order valence-electron chi connectivity index (χ4n) is 1.08. The minimum Gasteiger partial charge on any atom is -0.364 e. The number of carbonyl (C=O) groups excluding carboxylic acids is 1. The van der Waals surface area contributed by atoms with E-state index in [1.54, 1.807) is 6.07 Å². The molecule has 0 spiro atoms. The molecule has 2 N–H and O–H groups in total. The van der Waals surface area contributed by atoms with Gasteiger partial charge < -0.3 is 5.73 Å². The summed E-state index contributed by atoms with van der Waals surface area (Å²) < 4.78 is 0. The molecule has 0 fully saturated rings. The van der Waals surface area contributed by atoms with E-state index >= 15 is 0 Å². The van der Waals surface area contributed by atoms with Crippen LogP contribution in [0.2, 0.25) is 0 Å². The van der Waals surface area contributed by atoms with E-state index in [1.165, 1.54) is 6.20 Å². The summed E-state index contributed by atoms with van der Waals surface area (Å²) in [6.07, 6.45) is 1.38. The number of nitrogens with two attached hydrogens (primary N) is 1. The van der Waals surface area contributed by atoms with Gasteiger partial charge in [-0.25, -0.2) is 4.98 Å². The largest absolute Gasteiger partial charge is 0.364 e. The van der Waals surface area contributed by atoms with Crippen LogP contribution in [0.15, 0.2) is 30.5 Å². The molecule has 0 saturated heterocycles. The smallest absolute Gasteiger partial charge is 0.268 e. The highest BCUT2D eigenvalue weighted by atomic mass is 35.5. The van der Waals surface area contributed by atoms with Gasteiger partial charge in [0.2, 0.25) is 0 Å². The van der Waals surface area contributed by atoms with E-state index in [0.717, 1.165) is 5.52 Å². The van der Waals surface area contributed by atoms with Crippen LogP contribution in [0.25, 0.3) is 11.0 Å². The maximum atomic E-state index is 10.8. The molecule has 1 amide bonds. The van der Waals surface area contributed by atoms with Gasteiger partial charge in [-0.05, 0) is 12.1 Å². The molecule has 0 aliphatic heterocycles. The molecule has 0 radical (unpaired) electrons. The average Bonchev–Trinajstić information content (AvgIpc) is 2.17. The predicted molar refractivity (Wildman–Crippen MR) is 62.6 cm³/mol. The van der Waals surface area contributed by atoms with E-state index in [0.29, 0.717) is 5.52 Å². The van der Waals surface area contributed by atoms with Crippen LogP contribution in [0.1, 0.15) is 10.5 Å². The Labute approximate surface area is 98.7 Å². The van der Waals surface area contributed by atoms with E-state index in [-0.39, 0.29) is 30.5 Å². The molecule has 1 aromatic carbocycles. The van der Waals surface area contributed by atoms with Crippen molar-refractivity contribution >= 4 is 41.8 Å². The minimum absolute atomic E-state index is 0. The van der Waals surface area contributed by atoms with Gasteiger partial charge in [-0.2, -0.15) is 0 Å². The molecule has 0 saturated carbocycles. The van der Waals surface area contributed by atoms with Crippen molar-refractivity contribution in [3.05, 3.63) is 36.2 Å². The molecule has 0 atom stereocenters. The van der Waals surface area contributed by atoms with Crippen LogP contribution >= 0.6 is 24.8 Å². The highest BCUT2D eigenvalue weighted by molar-refractivity contribution is 5.92. The van der Waals surface area contributed by atoms with Gasteiger partial charge in [0.05, 0.1) is 17.2 Å². The van der Waals surface area contributed by atoms with Crippen molar-refractivity contribution in [2.75, 3.05) is 0 Å². The van der Waals surface area contributed by atoms with Crippen LogP contribution < -0.4 is 5.73 Å². The number of nitrogens with zero attached hydrogens (tertiary/aromatic N) is 2. The van der Waals surface area contributed by atoms with Crippen molar-refractivity contribution < 1.29 is 4.79 Å². The summed E-state index contributed by atoms with van der Waals surface area (Å²) in [5.41, 5.74) is 6.69. The van der Waals surface area contributed by atoms with Gasteiger partial charge in [-0.15, -0.1) is 24.8 Å². The van der Waals surface area contributed by atoms with Crippen LogP contribution in [0.5, 0.6) is 0 Å². The summed E-state index contributed by atoms with van der Waals surface area (Å²) >= 11 is 0. The predicted octanol–water partition coefficient (Wildman–Crippen LogP) is 1.57. The van der Waals surface area contributed by atoms with Gasteiger partial charge >= 0.3 is 0 Å². The summed E-state index contributed by atoms with van der Waals surface area (Å²) in [4.78, 5) is 18.8. The molecule has 1 heterocycles. The fourth-order valence-corrected chi connectivity index (χ4v) is 1.08. The molecule has 0 aliphatic rings. The Morgan fingerprint density at radius 2 is 1.73 bits per heavy atom. The number of amides is 1. The van der Waals surface area contributed by atoms with Crippen LogP contribution in [0.3, 0.4) is 0 Å². The number of hydrogen-bond donors (Lipinski definition) is 1. The number of primary amides is 1. The Kier molecular flexibility index (Phi) is 4.97. The first-order valence-electron chi connectivity index (χ1n) is 3.79. The molecule has 15 heavy (non-hydrogen) atoms. The average molecular weight is 246 g/mol. The van der Waals surface area contributed by atoms with E-state index < -0.39 is 5.91 Å². The number of hydrogen-bond acceptors (Lipinski definition) is 3. The van der Waals surface area contributed by atoms with Crippen molar-refractivity contribution in [3.8, 4) is 0 Å².